The molecule has 0 aliphatic rings. The van der Waals surface area contributed by atoms with Gasteiger partial charge in [0.1, 0.15) is 0 Å². The molecule has 0 bridgehead atoms. The molecule has 0 fully saturated rings. The van der Waals surface area contributed by atoms with Gasteiger partial charge in [-0.25, -0.2) is 4.79 Å². The number of aliphatic imine (C=N–C) groups is 1. The summed E-state index contributed by atoms with van der Waals surface area (Å²) in [5.74, 6) is 0. The molecule has 8 heteroatoms. The highest BCUT2D eigenvalue weighted by Gasteiger charge is 2.34. The van der Waals surface area contributed by atoms with Gasteiger partial charge < -0.3 is 0 Å². The molecular formula is C11H9F3N2O3. The Kier molecular flexibility index (Phi) is 3.76. The smallest absolute Gasteiger partial charge is 0.258 e. The third-order valence-electron chi connectivity index (χ3n) is 2.49. The van der Waals surface area contributed by atoms with Crippen LogP contribution in [-0.4, -0.2) is 11.0 Å². The molecule has 0 spiro atoms. The average Bonchev–Trinajstić information content (AvgIpc) is 2.27. The Labute approximate surface area is 105 Å². The van der Waals surface area contributed by atoms with Gasteiger partial charge in [-0.05, 0) is 25.5 Å². The first kappa shape index (κ1) is 14.8. The number of nitrogens with zero attached hydrogens (tertiary/aromatic N) is 2. The van der Waals surface area contributed by atoms with Crippen LogP contribution in [0.2, 0.25) is 0 Å². The van der Waals surface area contributed by atoms with Crippen LogP contribution in [0.5, 0.6) is 0 Å². The standard InChI is InChI=1S/C11H9F3N2O3/c1-10(2,15-6-17)7-3-8(11(12,13)14)5-9(4-7)16(18)19/h3-5H,1-2H3. The summed E-state index contributed by atoms with van der Waals surface area (Å²) in [4.78, 5) is 23.3. The summed E-state index contributed by atoms with van der Waals surface area (Å²) in [6, 6.07) is 2.12. The Morgan fingerprint density at radius 2 is 1.74 bits per heavy atom. The molecule has 0 atom stereocenters. The molecule has 0 radical (unpaired) electrons. The zero-order valence-electron chi connectivity index (χ0n) is 9.99. The van der Waals surface area contributed by atoms with Gasteiger partial charge in [-0.1, -0.05) is 0 Å². The van der Waals surface area contributed by atoms with Crippen molar-refractivity contribution in [3.8, 4) is 0 Å². The van der Waals surface area contributed by atoms with Crippen molar-refractivity contribution in [3.05, 3.63) is 39.4 Å². The van der Waals surface area contributed by atoms with Crippen LogP contribution < -0.4 is 0 Å². The molecule has 1 aromatic carbocycles. The normalized spacial score (nSPS) is 11.8. The topological polar surface area (TPSA) is 72.6 Å². The lowest BCUT2D eigenvalue weighted by Gasteiger charge is -2.19. The van der Waals surface area contributed by atoms with Crippen molar-refractivity contribution in [3.63, 3.8) is 0 Å². The van der Waals surface area contributed by atoms with E-state index >= 15 is 0 Å². The molecule has 0 aromatic heterocycles. The van der Waals surface area contributed by atoms with E-state index in [2.05, 4.69) is 4.99 Å². The lowest BCUT2D eigenvalue weighted by molar-refractivity contribution is -0.385. The van der Waals surface area contributed by atoms with Crippen LogP contribution in [0.15, 0.2) is 23.2 Å². The van der Waals surface area contributed by atoms with E-state index in [9.17, 15) is 28.1 Å². The lowest BCUT2D eigenvalue weighted by atomic mass is 9.93. The first-order chi connectivity index (χ1) is 8.58. The van der Waals surface area contributed by atoms with Crippen LogP contribution in [0.4, 0.5) is 18.9 Å². The Hall–Kier alpha value is -2.21. The van der Waals surface area contributed by atoms with Gasteiger partial charge in [0.25, 0.3) is 5.69 Å². The molecule has 0 aliphatic carbocycles. The number of hydrogen-bond acceptors (Lipinski definition) is 4. The maximum absolute atomic E-state index is 12.7. The summed E-state index contributed by atoms with van der Waals surface area (Å²) in [5.41, 5.74) is -3.28. The van der Waals surface area contributed by atoms with Crippen LogP contribution in [0.1, 0.15) is 25.0 Å². The second-order valence-electron chi connectivity index (χ2n) is 4.29. The minimum Gasteiger partial charge on any atom is -0.258 e. The molecule has 0 N–H and O–H groups in total. The van der Waals surface area contributed by atoms with Crippen molar-refractivity contribution in [1.29, 1.82) is 0 Å². The van der Waals surface area contributed by atoms with Crippen LogP contribution in [-0.2, 0) is 16.5 Å². The summed E-state index contributed by atoms with van der Waals surface area (Å²) < 4.78 is 38.0. The number of halogens is 3. The van der Waals surface area contributed by atoms with Gasteiger partial charge >= 0.3 is 6.18 Å². The molecule has 0 unspecified atom stereocenters. The number of alkyl halides is 3. The predicted octanol–water partition coefficient (Wildman–Crippen LogP) is 3.18. The van der Waals surface area contributed by atoms with Crippen LogP contribution in [0.25, 0.3) is 0 Å². The third kappa shape index (κ3) is 3.38. The number of rotatable bonds is 3. The third-order valence-corrected chi connectivity index (χ3v) is 2.49. The lowest BCUT2D eigenvalue weighted by Crippen LogP contribution is -2.16. The summed E-state index contributed by atoms with van der Waals surface area (Å²) in [6.45, 7) is 2.72. The number of benzene rings is 1. The highest BCUT2D eigenvalue weighted by molar-refractivity contribution is 5.45. The molecule has 0 aliphatic heterocycles. The SMILES string of the molecule is CC(C)(N=C=O)c1cc([N+](=O)[O-])cc(C(F)(F)F)c1. The Morgan fingerprint density at radius 3 is 2.16 bits per heavy atom. The fourth-order valence-corrected chi connectivity index (χ4v) is 1.41. The molecule has 1 aromatic rings. The predicted molar refractivity (Wildman–Crippen MR) is 59.2 cm³/mol. The quantitative estimate of drug-likeness (QED) is 0.368. The van der Waals surface area contributed by atoms with Crippen molar-refractivity contribution in [1.82, 2.24) is 0 Å². The van der Waals surface area contributed by atoms with Crippen molar-refractivity contribution in [2.45, 2.75) is 25.6 Å². The summed E-state index contributed by atoms with van der Waals surface area (Å²) in [5, 5.41) is 10.6. The van der Waals surface area contributed by atoms with Crippen molar-refractivity contribution >= 4 is 11.8 Å². The van der Waals surface area contributed by atoms with E-state index in [0.29, 0.717) is 6.07 Å². The van der Waals surface area contributed by atoms with Crippen molar-refractivity contribution < 1.29 is 22.9 Å². The van der Waals surface area contributed by atoms with E-state index in [1.807, 2.05) is 0 Å². The fourth-order valence-electron chi connectivity index (χ4n) is 1.41. The van der Waals surface area contributed by atoms with E-state index in [-0.39, 0.29) is 5.56 Å². The number of carbonyl (C=O) groups excluding carboxylic acids is 1. The van der Waals surface area contributed by atoms with Gasteiger partial charge in [-0.15, -0.1) is 0 Å². The Morgan fingerprint density at radius 1 is 1.21 bits per heavy atom. The zero-order valence-corrected chi connectivity index (χ0v) is 9.99. The van der Waals surface area contributed by atoms with E-state index in [4.69, 9.17) is 0 Å². The summed E-state index contributed by atoms with van der Waals surface area (Å²) in [6.07, 6.45) is -3.48. The minimum atomic E-state index is -4.72. The van der Waals surface area contributed by atoms with E-state index in [0.717, 1.165) is 12.1 Å². The molecule has 0 saturated carbocycles. The molecular weight excluding hydrogens is 265 g/mol. The molecule has 0 amide bonds. The molecule has 5 nitrogen and oxygen atoms in total. The highest BCUT2D eigenvalue weighted by Crippen LogP contribution is 2.36. The summed E-state index contributed by atoms with van der Waals surface area (Å²) in [7, 11) is 0. The number of non-ortho nitro benzene ring substituents is 1. The second kappa shape index (κ2) is 4.81. The van der Waals surface area contributed by atoms with Gasteiger partial charge in [-0.3, -0.25) is 10.1 Å². The number of isocyanates is 1. The second-order valence-corrected chi connectivity index (χ2v) is 4.29. The molecule has 102 valence electrons. The maximum Gasteiger partial charge on any atom is 0.416 e. The van der Waals surface area contributed by atoms with Gasteiger partial charge in [-0.2, -0.15) is 18.2 Å². The van der Waals surface area contributed by atoms with Crippen LogP contribution in [0, 0.1) is 10.1 Å². The largest absolute Gasteiger partial charge is 0.416 e. The fraction of sp³-hybridized carbons (Fsp3) is 0.364. The maximum atomic E-state index is 12.7. The molecule has 0 saturated heterocycles. The van der Waals surface area contributed by atoms with Crippen LogP contribution >= 0.6 is 0 Å². The number of nitro groups is 1. The Balaban J connectivity index is 3.53. The number of hydrogen-bond donors (Lipinski definition) is 0. The Bertz CT molecular complexity index is 561. The molecule has 19 heavy (non-hydrogen) atoms. The number of nitro benzene ring substituents is 1. The highest BCUT2D eigenvalue weighted by atomic mass is 19.4. The molecule has 1 rings (SSSR count). The van der Waals surface area contributed by atoms with E-state index in [1.165, 1.54) is 19.9 Å². The van der Waals surface area contributed by atoms with E-state index < -0.39 is 27.9 Å². The first-order valence-corrected chi connectivity index (χ1v) is 5.04. The minimum absolute atomic E-state index is 0.0858. The molecule has 0 heterocycles. The van der Waals surface area contributed by atoms with Crippen molar-refractivity contribution in [2.24, 2.45) is 4.99 Å². The van der Waals surface area contributed by atoms with Gasteiger partial charge in [0.05, 0.1) is 16.0 Å². The van der Waals surface area contributed by atoms with Gasteiger partial charge in [0, 0.05) is 12.1 Å². The van der Waals surface area contributed by atoms with Gasteiger partial charge in [0.2, 0.25) is 6.08 Å². The van der Waals surface area contributed by atoms with E-state index in [1.54, 1.807) is 0 Å². The summed E-state index contributed by atoms with van der Waals surface area (Å²) >= 11 is 0. The monoisotopic (exact) mass is 274 g/mol. The van der Waals surface area contributed by atoms with Gasteiger partial charge in [0.15, 0.2) is 0 Å². The first-order valence-electron chi connectivity index (χ1n) is 5.04. The van der Waals surface area contributed by atoms with Crippen LogP contribution in [0.3, 0.4) is 0 Å². The average molecular weight is 274 g/mol. The van der Waals surface area contributed by atoms with Crippen molar-refractivity contribution in [2.75, 3.05) is 0 Å². The zero-order chi connectivity index (χ0) is 14.8.